The number of cyclic esters (lactones) is 1. The number of nitrogens with zero attached hydrogens (tertiary/aromatic N) is 4. The van der Waals surface area contributed by atoms with Crippen LogP contribution in [-0.2, 0) is 20.7 Å². The maximum atomic E-state index is 12.6. The first kappa shape index (κ1) is 22.1. The molecule has 2 aromatic rings. The molecule has 0 amide bonds. The summed E-state index contributed by atoms with van der Waals surface area (Å²) in [4.78, 5) is 28.1. The SMILES string of the molecule is COC1=Cc2cc3c(/c4c2=CN1CCNCC(C)C(=O)OC(C)Cc1cncnc1\N=4)OCO3. The number of esters is 1. The van der Waals surface area contributed by atoms with Crippen molar-refractivity contribution in [3.63, 3.8) is 0 Å². The van der Waals surface area contributed by atoms with Crippen LogP contribution in [0.25, 0.3) is 12.3 Å². The zero-order valence-electron chi connectivity index (χ0n) is 19.4. The number of methoxy groups -OCH3 is 1. The molecule has 5 rings (SSSR count). The van der Waals surface area contributed by atoms with Crippen LogP contribution < -0.4 is 25.4 Å². The van der Waals surface area contributed by atoms with Gasteiger partial charge in [0.2, 0.25) is 6.79 Å². The number of hydrogen-bond acceptors (Lipinski definition) is 10. The lowest BCUT2D eigenvalue weighted by molar-refractivity contribution is -0.152. The number of nitrogens with one attached hydrogen (secondary N) is 1. The molecule has 0 spiro atoms. The molecule has 2 unspecified atom stereocenters. The molecule has 0 radical (unpaired) electrons. The number of benzene rings is 1. The summed E-state index contributed by atoms with van der Waals surface area (Å²) in [6, 6.07) is 1.93. The van der Waals surface area contributed by atoms with Crippen LogP contribution in [-0.4, -0.2) is 60.5 Å². The molecule has 1 N–H and O–H groups in total. The van der Waals surface area contributed by atoms with E-state index in [0.717, 1.165) is 16.3 Å². The molecule has 178 valence electrons. The Balaban J connectivity index is 1.70. The van der Waals surface area contributed by atoms with Gasteiger partial charge in [0.05, 0.1) is 13.0 Å². The molecular weight excluding hydrogens is 438 g/mol. The highest BCUT2D eigenvalue weighted by molar-refractivity contribution is 5.72. The van der Waals surface area contributed by atoms with E-state index >= 15 is 0 Å². The van der Waals surface area contributed by atoms with Gasteiger partial charge in [-0.15, -0.1) is 0 Å². The minimum absolute atomic E-state index is 0.122. The summed E-state index contributed by atoms with van der Waals surface area (Å²) in [6.07, 6.45) is 7.20. The Labute approximate surface area is 196 Å². The quantitative estimate of drug-likeness (QED) is 0.614. The van der Waals surface area contributed by atoms with Crippen LogP contribution in [0.4, 0.5) is 5.82 Å². The lowest BCUT2D eigenvalue weighted by Crippen LogP contribution is -2.39. The van der Waals surface area contributed by atoms with Gasteiger partial charge in [-0.2, -0.15) is 0 Å². The standard InChI is InChI=1S/C24H27N5O5/c1-14-9-25-4-5-29-11-18-16(8-20(29)31-3)7-19-22(33-13-32-19)21(18)28-23-17(10-26-12-27-23)6-15(2)34-24(14)30/h7-8,10-12,14-15,25H,4-6,9,13H2,1-3H3/b28-21+. The van der Waals surface area contributed by atoms with Gasteiger partial charge in [0.25, 0.3) is 0 Å². The number of aromatic nitrogens is 2. The van der Waals surface area contributed by atoms with E-state index in [0.29, 0.717) is 54.6 Å². The van der Waals surface area contributed by atoms with Gasteiger partial charge in [0, 0.05) is 55.3 Å². The minimum Gasteiger partial charge on any atom is -0.482 e. The van der Waals surface area contributed by atoms with Crippen LogP contribution in [0.1, 0.15) is 25.0 Å². The highest BCUT2D eigenvalue weighted by Gasteiger charge is 2.24. The number of fused-ring (bicyclic) bond motifs is 4. The summed E-state index contributed by atoms with van der Waals surface area (Å²) in [7, 11) is 1.64. The van der Waals surface area contributed by atoms with E-state index in [-0.39, 0.29) is 24.8 Å². The van der Waals surface area contributed by atoms with E-state index in [1.807, 2.05) is 37.1 Å². The Kier molecular flexibility index (Phi) is 6.06. The van der Waals surface area contributed by atoms with Crippen molar-refractivity contribution in [1.82, 2.24) is 20.2 Å². The molecule has 0 aliphatic carbocycles. The summed E-state index contributed by atoms with van der Waals surface area (Å²) in [5.74, 6) is 1.86. The third kappa shape index (κ3) is 4.28. The summed E-state index contributed by atoms with van der Waals surface area (Å²) >= 11 is 0. The van der Waals surface area contributed by atoms with E-state index in [4.69, 9.17) is 23.9 Å². The fourth-order valence-corrected chi connectivity index (χ4v) is 4.18. The molecule has 0 fully saturated rings. The molecule has 3 aliphatic heterocycles. The van der Waals surface area contributed by atoms with Gasteiger partial charge < -0.3 is 29.2 Å². The molecule has 10 heteroatoms. The number of carbonyl (C=O) groups is 1. The van der Waals surface area contributed by atoms with Crippen molar-refractivity contribution in [3.05, 3.63) is 46.2 Å². The lowest BCUT2D eigenvalue weighted by Gasteiger charge is -2.26. The van der Waals surface area contributed by atoms with E-state index < -0.39 is 0 Å². The Bertz CT molecular complexity index is 1260. The van der Waals surface area contributed by atoms with Crippen molar-refractivity contribution < 1.29 is 23.7 Å². The Morgan fingerprint density at radius 2 is 2.15 bits per heavy atom. The topological polar surface area (TPSA) is 107 Å². The zero-order valence-corrected chi connectivity index (χ0v) is 19.4. The zero-order chi connectivity index (χ0) is 23.7. The normalized spacial score (nSPS) is 23.0. The molecule has 0 saturated heterocycles. The van der Waals surface area contributed by atoms with Crippen LogP contribution in [0.15, 0.2) is 29.5 Å². The number of carbonyl (C=O) groups excluding carboxylic acids is 1. The highest BCUT2D eigenvalue weighted by Crippen LogP contribution is 2.30. The third-order valence-electron chi connectivity index (χ3n) is 5.95. The highest BCUT2D eigenvalue weighted by atomic mass is 16.7. The summed E-state index contributed by atoms with van der Waals surface area (Å²) in [6.45, 7) is 5.63. The Morgan fingerprint density at radius 3 is 3.00 bits per heavy atom. The second-order valence-corrected chi connectivity index (χ2v) is 8.51. The summed E-state index contributed by atoms with van der Waals surface area (Å²) in [5.41, 5.74) is 1.68. The van der Waals surface area contributed by atoms with Crippen molar-refractivity contribution in [2.24, 2.45) is 10.9 Å². The second kappa shape index (κ2) is 9.30. The van der Waals surface area contributed by atoms with Crippen LogP contribution in [0.2, 0.25) is 0 Å². The average Bonchev–Trinajstić information content (AvgIpc) is 3.30. The maximum absolute atomic E-state index is 12.6. The Hall–Kier alpha value is -3.66. The number of hydrogen-bond donors (Lipinski definition) is 1. The molecule has 1 aromatic carbocycles. The van der Waals surface area contributed by atoms with Gasteiger partial charge in [-0.1, -0.05) is 6.92 Å². The first-order valence-corrected chi connectivity index (χ1v) is 11.3. The molecule has 10 nitrogen and oxygen atoms in total. The summed E-state index contributed by atoms with van der Waals surface area (Å²) < 4.78 is 22.8. The Morgan fingerprint density at radius 1 is 1.26 bits per heavy atom. The lowest BCUT2D eigenvalue weighted by atomic mass is 10.1. The van der Waals surface area contributed by atoms with Crippen molar-refractivity contribution >= 4 is 24.1 Å². The van der Waals surface area contributed by atoms with E-state index in [2.05, 4.69) is 15.3 Å². The van der Waals surface area contributed by atoms with E-state index in [1.165, 1.54) is 6.33 Å². The van der Waals surface area contributed by atoms with Gasteiger partial charge in [-0.3, -0.25) is 4.79 Å². The van der Waals surface area contributed by atoms with Gasteiger partial charge in [-0.25, -0.2) is 15.0 Å². The molecule has 4 heterocycles. The molecule has 1 aromatic heterocycles. The van der Waals surface area contributed by atoms with Crippen LogP contribution >= 0.6 is 0 Å². The van der Waals surface area contributed by atoms with Gasteiger partial charge in [0.1, 0.15) is 17.8 Å². The van der Waals surface area contributed by atoms with E-state index in [9.17, 15) is 4.79 Å². The smallest absolute Gasteiger partial charge is 0.310 e. The van der Waals surface area contributed by atoms with Gasteiger partial charge in [0.15, 0.2) is 23.2 Å². The van der Waals surface area contributed by atoms with Gasteiger partial charge in [-0.05, 0) is 18.6 Å². The predicted octanol–water partition coefficient (Wildman–Crippen LogP) is 0.869. The largest absolute Gasteiger partial charge is 0.482 e. The van der Waals surface area contributed by atoms with Gasteiger partial charge >= 0.3 is 5.97 Å². The maximum Gasteiger partial charge on any atom is 0.310 e. The molecular formula is C24H27N5O5. The first-order valence-electron chi connectivity index (χ1n) is 11.3. The number of ether oxygens (including phenoxy) is 4. The molecule has 3 aliphatic rings. The molecule has 34 heavy (non-hydrogen) atoms. The fourth-order valence-electron chi connectivity index (χ4n) is 4.18. The van der Waals surface area contributed by atoms with Crippen LogP contribution in [0, 0.1) is 5.92 Å². The summed E-state index contributed by atoms with van der Waals surface area (Å²) in [5, 5.41) is 4.85. The van der Waals surface area contributed by atoms with Crippen molar-refractivity contribution in [3.8, 4) is 11.5 Å². The molecule has 2 bridgehead atoms. The monoisotopic (exact) mass is 465 g/mol. The third-order valence-corrected chi connectivity index (χ3v) is 5.95. The minimum atomic E-state index is -0.355. The van der Waals surface area contributed by atoms with Crippen LogP contribution in [0.3, 0.4) is 0 Å². The average molecular weight is 466 g/mol. The second-order valence-electron chi connectivity index (χ2n) is 8.51. The van der Waals surface area contributed by atoms with E-state index in [1.54, 1.807) is 13.3 Å². The predicted molar refractivity (Wildman–Crippen MR) is 122 cm³/mol. The molecule has 2 atom stereocenters. The van der Waals surface area contributed by atoms with Crippen molar-refractivity contribution in [2.45, 2.75) is 26.4 Å². The fraction of sp³-hybridized carbons (Fsp3) is 0.417. The molecule has 0 saturated carbocycles. The number of rotatable bonds is 1. The first-order chi connectivity index (χ1) is 16.5. The van der Waals surface area contributed by atoms with Crippen molar-refractivity contribution in [1.29, 1.82) is 0 Å². The van der Waals surface area contributed by atoms with Crippen LogP contribution in [0.5, 0.6) is 11.5 Å². The van der Waals surface area contributed by atoms with Crippen molar-refractivity contribution in [2.75, 3.05) is 33.5 Å².